The predicted octanol–water partition coefficient (Wildman–Crippen LogP) is 4.17. The molecule has 0 aliphatic carbocycles. The first-order valence-corrected chi connectivity index (χ1v) is 7.47. The van der Waals surface area contributed by atoms with E-state index < -0.39 is 4.92 Å². The average Bonchev–Trinajstić information content (AvgIpc) is 3.10. The molecule has 0 aliphatic heterocycles. The van der Waals surface area contributed by atoms with Crippen LogP contribution in [-0.2, 0) is 0 Å². The van der Waals surface area contributed by atoms with Gasteiger partial charge in [-0.05, 0) is 30.7 Å². The minimum atomic E-state index is -0.452. The number of hydrogen-bond acceptors (Lipinski definition) is 6. The fourth-order valence-corrected chi connectivity index (χ4v) is 2.19. The number of hydrogen-bond donors (Lipinski definition) is 0. The van der Waals surface area contributed by atoms with Gasteiger partial charge in [0.25, 0.3) is 11.6 Å². The Morgan fingerprint density at radius 2 is 1.88 bits per heavy atom. The minimum absolute atomic E-state index is 0.0151. The van der Waals surface area contributed by atoms with Crippen molar-refractivity contribution in [2.45, 2.75) is 19.4 Å². The fourth-order valence-electron chi connectivity index (χ4n) is 2.19. The zero-order valence-electron chi connectivity index (χ0n) is 13.0. The number of rotatable bonds is 6. The topological polar surface area (TPSA) is 91.3 Å². The Balaban J connectivity index is 1.79. The molecule has 1 atom stereocenters. The Bertz CT molecular complexity index is 815. The number of para-hydroxylation sites is 1. The lowest BCUT2D eigenvalue weighted by Gasteiger charge is -2.13. The molecule has 122 valence electrons. The van der Waals surface area contributed by atoms with Crippen molar-refractivity contribution in [2.24, 2.45) is 0 Å². The van der Waals surface area contributed by atoms with E-state index in [0.29, 0.717) is 23.7 Å². The van der Waals surface area contributed by atoms with Gasteiger partial charge in [-0.25, -0.2) is 0 Å². The third-order valence-corrected chi connectivity index (χ3v) is 3.45. The quantitative estimate of drug-likeness (QED) is 0.499. The van der Waals surface area contributed by atoms with Crippen molar-refractivity contribution < 1.29 is 14.2 Å². The zero-order valence-corrected chi connectivity index (χ0v) is 13.0. The number of non-ortho nitro benzene ring substituents is 1. The SMILES string of the molecule is CC[C@@H](Oc1ccccc1)c1nc(-c2ccc([N+](=O)[O-])cc2)no1. The number of aromatic nitrogens is 2. The standard InChI is InChI=1S/C17H15N3O4/c1-2-15(23-14-6-4-3-5-7-14)17-18-16(19-24-17)12-8-10-13(11-9-12)20(21)22/h3-11,15H,2H2,1H3/t15-/m1/s1. The lowest BCUT2D eigenvalue weighted by atomic mass is 10.2. The molecule has 0 saturated carbocycles. The summed E-state index contributed by atoms with van der Waals surface area (Å²) in [4.78, 5) is 14.6. The highest BCUT2D eigenvalue weighted by molar-refractivity contribution is 5.56. The van der Waals surface area contributed by atoms with E-state index in [1.165, 1.54) is 12.1 Å². The lowest BCUT2D eigenvalue weighted by molar-refractivity contribution is -0.384. The van der Waals surface area contributed by atoms with Gasteiger partial charge in [-0.1, -0.05) is 30.3 Å². The Morgan fingerprint density at radius 1 is 1.17 bits per heavy atom. The maximum absolute atomic E-state index is 10.7. The van der Waals surface area contributed by atoms with Gasteiger partial charge >= 0.3 is 0 Å². The fraction of sp³-hybridized carbons (Fsp3) is 0.176. The molecule has 0 radical (unpaired) electrons. The third-order valence-electron chi connectivity index (χ3n) is 3.45. The summed E-state index contributed by atoms with van der Waals surface area (Å²) in [5, 5.41) is 14.6. The van der Waals surface area contributed by atoms with Gasteiger partial charge < -0.3 is 9.26 Å². The van der Waals surface area contributed by atoms with Gasteiger partial charge in [0.15, 0.2) is 6.10 Å². The van der Waals surface area contributed by atoms with Crippen LogP contribution in [0.2, 0.25) is 0 Å². The van der Waals surface area contributed by atoms with E-state index in [1.54, 1.807) is 12.1 Å². The van der Waals surface area contributed by atoms with Gasteiger partial charge in [0, 0.05) is 17.7 Å². The van der Waals surface area contributed by atoms with Crippen molar-refractivity contribution in [2.75, 3.05) is 0 Å². The normalized spacial score (nSPS) is 11.9. The maximum Gasteiger partial charge on any atom is 0.269 e. The van der Waals surface area contributed by atoms with Crippen LogP contribution in [0.3, 0.4) is 0 Å². The second-order valence-corrected chi connectivity index (χ2v) is 5.09. The molecule has 0 fully saturated rings. The molecule has 3 rings (SSSR count). The molecule has 0 bridgehead atoms. The summed E-state index contributed by atoms with van der Waals surface area (Å²) in [6, 6.07) is 15.4. The largest absolute Gasteiger partial charge is 0.481 e. The molecule has 1 heterocycles. The van der Waals surface area contributed by atoms with Crippen LogP contribution >= 0.6 is 0 Å². The van der Waals surface area contributed by atoms with Crippen LogP contribution in [0.1, 0.15) is 25.3 Å². The Morgan fingerprint density at radius 3 is 2.50 bits per heavy atom. The molecule has 3 aromatic rings. The van der Waals surface area contributed by atoms with Crippen molar-refractivity contribution in [1.29, 1.82) is 0 Å². The summed E-state index contributed by atoms with van der Waals surface area (Å²) in [7, 11) is 0. The van der Waals surface area contributed by atoms with E-state index in [4.69, 9.17) is 9.26 Å². The first-order valence-electron chi connectivity index (χ1n) is 7.47. The van der Waals surface area contributed by atoms with E-state index in [-0.39, 0.29) is 11.8 Å². The highest BCUT2D eigenvalue weighted by atomic mass is 16.6. The van der Waals surface area contributed by atoms with E-state index in [0.717, 1.165) is 5.75 Å². The summed E-state index contributed by atoms with van der Waals surface area (Å²) in [5.41, 5.74) is 0.659. The smallest absolute Gasteiger partial charge is 0.269 e. The van der Waals surface area contributed by atoms with Crippen LogP contribution in [0.25, 0.3) is 11.4 Å². The summed E-state index contributed by atoms with van der Waals surface area (Å²) in [6.45, 7) is 1.96. The van der Waals surface area contributed by atoms with Gasteiger partial charge in [-0.15, -0.1) is 0 Å². The van der Waals surface area contributed by atoms with Crippen molar-refractivity contribution in [3.63, 3.8) is 0 Å². The molecule has 1 aromatic heterocycles. The van der Waals surface area contributed by atoms with Crippen LogP contribution in [0.4, 0.5) is 5.69 Å². The zero-order chi connectivity index (χ0) is 16.9. The summed E-state index contributed by atoms with van der Waals surface area (Å²) in [6.07, 6.45) is 0.309. The average molecular weight is 325 g/mol. The third kappa shape index (κ3) is 3.40. The van der Waals surface area contributed by atoms with Crippen molar-refractivity contribution in [1.82, 2.24) is 10.1 Å². The summed E-state index contributed by atoms with van der Waals surface area (Å²) in [5.74, 6) is 1.46. The summed E-state index contributed by atoms with van der Waals surface area (Å²) >= 11 is 0. The molecule has 7 heteroatoms. The number of benzene rings is 2. The van der Waals surface area contributed by atoms with Crippen LogP contribution in [0.5, 0.6) is 5.75 Å². The Labute approximate surface area is 138 Å². The van der Waals surface area contributed by atoms with E-state index >= 15 is 0 Å². The Hall–Kier alpha value is -3.22. The molecule has 0 unspecified atom stereocenters. The molecular weight excluding hydrogens is 310 g/mol. The second-order valence-electron chi connectivity index (χ2n) is 5.09. The minimum Gasteiger partial charge on any atom is -0.481 e. The molecule has 0 N–H and O–H groups in total. The van der Waals surface area contributed by atoms with Gasteiger partial charge in [0.1, 0.15) is 5.75 Å². The number of nitrogens with zero attached hydrogens (tertiary/aromatic N) is 3. The molecule has 24 heavy (non-hydrogen) atoms. The van der Waals surface area contributed by atoms with E-state index in [9.17, 15) is 10.1 Å². The molecule has 0 saturated heterocycles. The van der Waals surface area contributed by atoms with Gasteiger partial charge in [-0.3, -0.25) is 10.1 Å². The van der Waals surface area contributed by atoms with E-state index in [2.05, 4.69) is 10.1 Å². The Kier molecular flexibility index (Phi) is 4.51. The summed E-state index contributed by atoms with van der Waals surface area (Å²) < 4.78 is 11.2. The monoisotopic (exact) mass is 325 g/mol. The van der Waals surface area contributed by atoms with Crippen LogP contribution < -0.4 is 4.74 Å². The number of nitro benzene ring substituents is 1. The van der Waals surface area contributed by atoms with Crippen molar-refractivity contribution >= 4 is 5.69 Å². The molecule has 0 spiro atoms. The molecule has 7 nitrogen and oxygen atoms in total. The van der Waals surface area contributed by atoms with Gasteiger partial charge in [0.2, 0.25) is 5.82 Å². The second kappa shape index (κ2) is 6.91. The van der Waals surface area contributed by atoms with Crippen molar-refractivity contribution in [3.8, 4) is 17.1 Å². The van der Waals surface area contributed by atoms with Gasteiger partial charge in [-0.2, -0.15) is 4.98 Å². The maximum atomic E-state index is 10.7. The first-order chi connectivity index (χ1) is 11.7. The van der Waals surface area contributed by atoms with Crippen LogP contribution in [0, 0.1) is 10.1 Å². The van der Waals surface area contributed by atoms with Crippen LogP contribution in [-0.4, -0.2) is 15.1 Å². The van der Waals surface area contributed by atoms with E-state index in [1.807, 2.05) is 37.3 Å². The predicted molar refractivity (Wildman–Crippen MR) is 86.5 cm³/mol. The number of nitro groups is 1. The highest BCUT2D eigenvalue weighted by Gasteiger charge is 2.20. The number of ether oxygens (including phenoxy) is 1. The molecule has 0 amide bonds. The first kappa shape index (κ1) is 15.7. The molecule has 0 aliphatic rings. The van der Waals surface area contributed by atoms with Crippen molar-refractivity contribution in [3.05, 3.63) is 70.6 Å². The molecule has 2 aromatic carbocycles. The van der Waals surface area contributed by atoms with Gasteiger partial charge in [0.05, 0.1) is 4.92 Å². The molecular formula is C17H15N3O4. The highest BCUT2D eigenvalue weighted by Crippen LogP contribution is 2.26. The van der Waals surface area contributed by atoms with Crippen LogP contribution in [0.15, 0.2) is 59.1 Å². The lowest BCUT2D eigenvalue weighted by Crippen LogP contribution is -2.06.